The van der Waals surface area contributed by atoms with Crippen LogP contribution < -0.4 is 0 Å². The molecular weight excluding hydrogens is 668 g/mol. The Kier molecular flexibility index (Phi) is 34.4. The van der Waals surface area contributed by atoms with Crippen LogP contribution >= 0.6 is 0 Å². The second-order valence-electron chi connectivity index (χ2n) is 10.4. The first kappa shape index (κ1) is 47.5. The lowest BCUT2D eigenvalue weighted by Crippen LogP contribution is -2.32. The molecule has 0 saturated heterocycles. The van der Waals surface area contributed by atoms with Crippen LogP contribution in [-0.4, -0.2) is 203 Å². The van der Waals surface area contributed by atoms with E-state index >= 15 is 0 Å². The van der Waals surface area contributed by atoms with Crippen molar-refractivity contribution in [2.24, 2.45) is 0 Å². The van der Waals surface area contributed by atoms with E-state index < -0.39 is 11.9 Å². The molecule has 0 aromatic heterocycles. The summed E-state index contributed by atoms with van der Waals surface area (Å²) in [5.41, 5.74) is 0. The van der Waals surface area contributed by atoms with Gasteiger partial charge in [0.05, 0.1) is 105 Å². The Morgan fingerprint density at radius 2 is 0.620 bits per heavy atom. The number of hydrogen-bond acceptors (Lipinski definition) is 18. The predicted octanol–water partition coefficient (Wildman–Crippen LogP) is -1.33. The number of carbonyl (C=O) groups excluding carboxylic acids is 4. The number of methoxy groups -OCH3 is 2. The van der Waals surface area contributed by atoms with Crippen molar-refractivity contribution in [2.45, 2.75) is 25.7 Å². The zero-order valence-electron chi connectivity index (χ0n) is 29.9. The Hall–Kier alpha value is -2.52. The average molecular weight is 729 g/mol. The fourth-order valence-corrected chi connectivity index (χ4v) is 3.91. The topological polar surface area (TPSA) is 208 Å². The highest BCUT2D eigenvalue weighted by Crippen LogP contribution is 2.00. The lowest BCUT2D eigenvalue weighted by molar-refractivity contribution is -0.147. The van der Waals surface area contributed by atoms with E-state index in [-0.39, 0.29) is 97.1 Å². The summed E-state index contributed by atoms with van der Waals surface area (Å²) in [4.78, 5) is 51.2. The minimum Gasteiger partial charge on any atom is -0.463 e. The molecule has 0 radical (unpaired) electrons. The Morgan fingerprint density at radius 1 is 0.380 bits per heavy atom. The van der Waals surface area contributed by atoms with Crippen LogP contribution in [0.4, 0.5) is 0 Å². The van der Waals surface area contributed by atoms with E-state index in [1.54, 1.807) is 16.9 Å². The van der Waals surface area contributed by atoms with Crippen LogP contribution in [0.3, 0.4) is 0 Å². The second kappa shape index (κ2) is 36.3. The number of hydrogen-bond donors (Lipinski definition) is 2. The summed E-state index contributed by atoms with van der Waals surface area (Å²) < 4.78 is 51.5. The van der Waals surface area contributed by atoms with Crippen molar-refractivity contribution in [1.82, 2.24) is 9.80 Å². The van der Waals surface area contributed by atoms with Gasteiger partial charge in [-0.1, -0.05) is 0 Å². The molecule has 0 heterocycles. The third-order valence-corrected chi connectivity index (χ3v) is 6.56. The van der Waals surface area contributed by atoms with Gasteiger partial charge in [0.2, 0.25) is 0 Å². The van der Waals surface area contributed by atoms with Crippen LogP contribution in [-0.2, 0) is 66.5 Å². The van der Waals surface area contributed by atoms with Gasteiger partial charge in [-0.05, 0) is 0 Å². The number of aliphatic hydroxyl groups excluding tert-OH is 2. The second-order valence-corrected chi connectivity index (χ2v) is 10.4. The molecule has 0 bridgehead atoms. The molecule has 0 aromatic carbocycles. The summed E-state index contributed by atoms with van der Waals surface area (Å²) in [7, 11) is 3.09. The summed E-state index contributed by atoms with van der Waals surface area (Å²) in [6.45, 7) is 5.44. The van der Waals surface area contributed by atoms with Crippen molar-refractivity contribution in [3.05, 3.63) is 0 Å². The molecule has 0 saturated carbocycles. The molecule has 2 N–H and O–H groups in total. The van der Waals surface area contributed by atoms with E-state index in [9.17, 15) is 29.4 Å². The van der Waals surface area contributed by atoms with Gasteiger partial charge in [-0.3, -0.25) is 29.0 Å². The molecule has 0 rings (SSSR count). The van der Waals surface area contributed by atoms with Gasteiger partial charge >= 0.3 is 23.9 Å². The van der Waals surface area contributed by atoms with E-state index in [0.717, 1.165) is 0 Å². The summed E-state index contributed by atoms with van der Waals surface area (Å²) in [6, 6.07) is 0. The minimum absolute atomic E-state index is 0.0862. The SMILES string of the molecule is COCCOCCOC(=O)CCN(CCO)CCC(=O)OCCOCCOCCOCCOC(=O)CCN(CCO)CCC(=O)OCCOC. The fourth-order valence-electron chi connectivity index (χ4n) is 3.91. The number of carbonyl (C=O) groups is 4. The van der Waals surface area contributed by atoms with Gasteiger partial charge in [0.1, 0.15) is 26.4 Å². The van der Waals surface area contributed by atoms with Gasteiger partial charge in [0, 0.05) is 53.5 Å². The van der Waals surface area contributed by atoms with Crippen molar-refractivity contribution in [3.8, 4) is 0 Å². The lowest BCUT2D eigenvalue weighted by Gasteiger charge is -2.20. The monoisotopic (exact) mass is 728 g/mol. The molecule has 0 atom stereocenters. The zero-order chi connectivity index (χ0) is 36.9. The summed E-state index contributed by atoms with van der Waals surface area (Å²) in [5.74, 6) is -1.58. The van der Waals surface area contributed by atoms with Gasteiger partial charge in [0.15, 0.2) is 0 Å². The highest BCUT2D eigenvalue weighted by atomic mass is 16.6. The molecule has 0 aliphatic carbocycles. The first-order valence-corrected chi connectivity index (χ1v) is 16.9. The Bertz CT molecular complexity index is 838. The maximum Gasteiger partial charge on any atom is 0.307 e. The molecule has 50 heavy (non-hydrogen) atoms. The van der Waals surface area contributed by atoms with E-state index in [4.69, 9.17) is 47.4 Å². The number of aliphatic hydroxyl groups is 2. The number of nitrogens with zero attached hydrogens (tertiary/aromatic N) is 2. The van der Waals surface area contributed by atoms with E-state index in [0.29, 0.717) is 85.5 Å². The molecule has 18 nitrogen and oxygen atoms in total. The number of rotatable bonds is 37. The number of ether oxygens (including phenoxy) is 10. The van der Waals surface area contributed by atoms with Crippen LogP contribution in [0.15, 0.2) is 0 Å². The minimum atomic E-state index is -0.414. The molecule has 0 aromatic rings. The fraction of sp³-hybridized carbons (Fsp3) is 0.875. The third-order valence-electron chi connectivity index (χ3n) is 6.56. The maximum absolute atomic E-state index is 12.0. The highest BCUT2D eigenvalue weighted by Gasteiger charge is 2.13. The average Bonchev–Trinajstić information content (AvgIpc) is 3.10. The molecule has 0 amide bonds. The summed E-state index contributed by atoms with van der Waals surface area (Å²) in [6.07, 6.45) is 0.472. The first-order chi connectivity index (χ1) is 24.4. The standard InChI is InChI=1S/C32H60N2O16/c1-41-15-17-43-22-26-48-30(38)4-9-34(12-14-36)10-6-32(40)50-28-24-46-21-19-44-18-20-45-23-27-49-31(39)5-8-33(11-13-35)7-3-29(37)47-25-16-42-2/h35-36H,3-28H2,1-2H3. The van der Waals surface area contributed by atoms with Gasteiger partial charge in [-0.25, -0.2) is 0 Å². The van der Waals surface area contributed by atoms with Crippen LogP contribution in [0, 0.1) is 0 Å². The Labute approximate surface area is 295 Å². The normalized spacial score (nSPS) is 11.2. The van der Waals surface area contributed by atoms with Gasteiger partial charge in [0.25, 0.3) is 0 Å². The van der Waals surface area contributed by atoms with Gasteiger partial charge in [-0.15, -0.1) is 0 Å². The van der Waals surface area contributed by atoms with Crippen LogP contribution in [0.5, 0.6) is 0 Å². The van der Waals surface area contributed by atoms with Crippen molar-refractivity contribution < 1.29 is 76.8 Å². The number of esters is 4. The molecule has 18 heteroatoms. The van der Waals surface area contributed by atoms with Crippen LogP contribution in [0.25, 0.3) is 0 Å². The molecule has 0 spiro atoms. The van der Waals surface area contributed by atoms with Crippen molar-refractivity contribution in [2.75, 3.05) is 159 Å². The molecule has 0 fully saturated rings. The molecular formula is C32H60N2O16. The molecule has 0 unspecified atom stereocenters. The van der Waals surface area contributed by atoms with Crippen molar-refractivity contribution in [3.63, 3.8) is 0 Å². The van der Waals surface area contributed by atoms with Gasteiger partial charge in [-0.2, -0.15) is 0 Å². The van der Waals surface area contributed by atoms with Crippen molar-refractivity contribution in [1.29, 1.82) is 0 Å². The zero-order valence-corrected chi connectivity index (χ0v) is 29.9. The Morgan fingerprint density at radius 3 is 0.900 bits per heavy atom. The molecule has 294 valence electrons. The highest BCUT2D eigenvalue weighted by molar-refractivity contribution is 5.71. The quantitative estimate of drug-likeness (QED) is 0.0431. The maximum atomic E-state index is 12.0. The van der Waals surface area contributed by atoms with E-state index in [1.165, 1.54) is 7.11 Å². The smallest absolute Gasteiger partial charge is 0.307 e. The van der Waals surface area contributed by atoms with Gasteiger partial charge < -0.3 is 57.6 Å². The van der Waals surface area contributed by atoms with E-state index in [1.807, 2.05) is 0 Å². The first-order valence-electron chi connectivity index (χ1n) is 16.9. The molecule has 0 aliphatic heterocycles. The summed E-state index contributed by atoms with van der Waals surface area (Å²) in [5, 5.41) is 18.5. The van der Waals surface area contributed by atoms with Crippen LogP contribution in [0.1, 0.15) is 25.7 Å². The van der Waals surface area contributed by atoms with Crippen molar-refractivity contribution >= 4 is 23.9 Å². The Balaban J connectivity index is 3.73. The summed E-state index contributed by atoms with van der Waals surface area (Å²) >= 11 is 0. The van der Waals surface area contributed by atoms with E-state index in [2.05, 4.69) is 0 Å². The largest absolute Gasteiger partial charge is 0.463 e. The van der Waals surface area contributed by atoms with Crippen LogP contribution in [0.2, 0.25) is 0 Å². The molecule has 0 aliphatic rings. The lowest BCUT2D eigenvalue weighted by atomic mass is 10.3. The third kappa shape index (κ3) is 32.7. The predicted molar refractivity (Wildman–Crippen MR) is 176 cm³/mol.